The molecular formula is C14H22NO+. The van der Waals surface area contributed by atoms with Gasteiger partial charge in [0.25, 0.3) is 0 Å². The van der Waals surface area contributed by atoms with E-state index in [1.54, 1.807) is 6.07 Å². The van der Waals surface area contributed by atoms with Crippen molar-refractivity contribution in [2.75, 3.05) is 26.7 Å². The normalized spacial score (nSPS) is 19.6. The van der Waals surface area contributed by atoms with Gasteiger partial charge >= 0.3 is 0 Å². The highest BCUT2D eigenvalue weighted by atomic mass is 16.3. The lowest BCUT2D eigenvalue weighted by Crippen LogP contribution is -2.49. The van der Waals surface area contributed by atoms with Crippen LogP contribution in [-0.4, -0.2) is 36.3 Å². The van der Waals surface area contributed by atoms with Crippen LogP contribution in [0.5, 0.6) is 5.75 Å². The first-order chi connectivity index (χ1) is 7.70. The first-order valence-electron chi connectivity index (χ1n) is 6.30. The van der Waals surface area contributed by atoms with Gasteiger partial charge in [0.05, 0.1) is 26.7 Å². The predicted molar refractivity (Wildman–Crippen MR) is 66.4 cm³/mol. The molecule has 2 heteroatoms. The van der Waals surface area contributed by atoms with Crippen molar-refractivity contribution in [1.82, 2.24) is 0 Å². The Kier molecular flexibility index (Phi) is 3.49. The number of phenols is 1. The molecule has 1 aliphatic heterocycles. The fourth-order valence-corrected chi connectivity index (χ4v) is 2.61. The third-order valence-electron chi connectivity index (χ3n) is 3.81. The molecule has 0 bridgehead atoms. The Morgan fingerprint density at radius 2 is 1.81 bits per heavy atom. The van der Waals surface area contributed by atoms with Crippen molar-refractivity contribution in [3.05, 3.63) is 29.8 Å². The average molecular weight is 220 g/mol. The summed E-state index contributed by atoms with van der Waals surface area (Å²) in [5, 5.41) is 9.72. The zero-order valence-corrected chi connectivity index (χ0v) is 10.2. The summed E-state index contributed by atoms with van der Waals surface area (Å²) >= 11 is 0. The van der Waals surface area contributed by atoms with Gasteiger partial charge in [-0.15, -0.1) is 0 Å². The number of piperidine rings is 1. The van der Waals surface area contributed by atoms with Gasteiger partial charge in [-0.2, -0.15) is 0 Å². The van der Waals surface area contributed by atoms with Crippen molar-refractivity contribution in [2.24, 2.45) is 0 Å². The standard InChI is InChI=1S/C14H21NO/c1-15(10-5-2-6-11-15)12-9-13-7-3-4-8-14(13)16/h3-4,7-8H,2,5-6,9-12H2,1H3/p+1. The number of hydrogen-bond donors (Lipinski definition) is 1. The second-order valence-corrected chi connectivity index (χ2v) is 5.23. The molecule has 1 aromatic carbocycles. The van der Waals surface area contributed by atoms with E-state index in [9.17, 15) is 5.11 Å². The molecule has 2 nitrogen and oxygen atoms in total. The lowest BCUT2D eigenvalue weighted by Gasteiger charge is -2.37. The van der Waals surface area contributed by atoms with Crippen molar-refractivity contribution in [1.29, 1.82) is 0 Å². The molecule has 0 unspecified atom stereocenters. The van der Waals surface area contributed by atoms with Gasteiger partial charge in [-0.1, -0.05) is 18.2 Å². The van der Waals surface area contributed by atoms with E-state index in [2.05, 4.69) is 7.05 Å². The van der Waals surface area contributed by atoms with Crippen LogP contribution in [0.15, 0.2) is 24.3 Å². The maximum atomic E-state index is 9.72. The minimum Gasteiger partial charge on any atom is -0.508 e. The van der Waals surface area contributed by atoms with Crippen molar-refractivity contribution < 1.29 is 9.59 Å². The number of likely N-dealkylation sites (N-methyl/N-ethyl adjacent to an activating group) is 1. The minimum absolute atomic E-state index is 0.450. The summed E-state index contributed by atoms with van der Waals surface area (Å²) in [6, 6.07) is 7.71. The number of aromatic hydroxyl groups is 1. The van der Waals surface area contributed by atoms with E-state index in [-0.39, 0.29) is 0 Å². The molecule has 0 radical (unpaired) electrons. The van der Waals surface area contributed by atoms with Gasteiger partial charge < -0.3 is 9.59 Å². The van der Waals surface area contributed by atoms with Crippen molar-refractivity contribution >= 4 is 0 Å². The van der Waals surface area contributed by atoms with Crippen LogP contribution in [0.25, 0.3) is 0 Å². The first-order valence-corrected chi connectivity index (χ1v) is 6.30. The van der Waals surface area contributed by atoms with Crippen LogP contribution in [0, 0.1) is 0 Å². The van der Waals surface area contributed by atoms with Gasteiger partial charge in [0.15, 0.2) is 0 Å². The molecule has 1 saturated heterocycles. The van der Waals surface area contributed by atoms with Crippen LogP contribution in [0.4, 0.5) is 0 Å². The summed E-state index contributed by atoms with van der Waals surface area (Å²) in [5.41, 5.74) is 1.09. The van der Waals surface area contributed by atoms with E-state index < -0.39 is 0 Å². The highest BCUT2D eigenvalue weighted by Gasteiger charge is 2.24. The van der Waals surface area contributed by atoms with Crippen LogP contribution in [0.3, 0.4) is 0 Å². The maximum Gasteiger partial charge on any atom is 0.118 e. The molecule has 1 aromatic rings. The molecule has 0 atom stereocenters. The minimum atomic E-state index is 0.450. The second-order valence-electron chi connectivity index (χ2n) is 5.23. The summed E-state index contributed by atoms with van der Waals surface area (Å²) < 4.78 is 1.17. The molecule has 1 aliphatic rings. The first kappa shape index (κ1) is 11.5. The lowest BCUT2D eigenvalue weighted by molar-refractivity contribution is -0.913. The van der Waals surface area contributed by atoms with E-state index in [0.717, 1.165) is 18.5 Å². The second kappa shape index (κ2) is 4.88. The van der Waals surface area contributed by atoms with Gasteiger partial charge in [0.2, 0.25) is 0 Å². The largest absolute Gasteiger partial charge is 0.508 e. The smallest absolute Gasteiger partial charge is 0.118 e. The Morgan fingerprint density at radius 1 is 1.12 bits per heavy atom. The topological polar surface area (TPSA) is 20.2 Å². The van der Waals surface area contributed by atoms with Crippen LogP contribution in [0.2, 0.25) is 0 Å². The summed E-state index contributed by atoms with van der Waals surface area (Å²) in [6.45, 7) is 3.75. The van der Waals surface area contributed by atoms with Crippen molar-refractivity contribution in [3.8, 4) is 5.75 Å². The SMILES string of the molecule is C[N+]1(CCc2ccccc2O)CCCCC1. The molecular weight excluding hydrogens is 198 g/mol. The molecule has 1 N–H and O–H groups in total. The Balaban J connectivity index is 1.94. The Morgan fingerprint density at radius 3 is 2.50 bits per heavy atom. The quantitative estimate of drug-likeness (QED) is 0.776. The number of hydrogen-bond acceptors (Lipinski definition) is 1. The van der Waals surface area contributed by atoms with E-state index >= 15 is 0 Å². The van der Waals surface area contributed by atoms with Crippen molar-refractivity contribution in [3.63, 3.8) is 0 Å². The molecule has 0 saturated carbocycles. The fraction of sp³-hybridized carbons (Fsp3) is 0.571. The van der Waals surface area contributed by atoms with E-state index in [0.29, 0.717) is 5.75 Å². The van der Waals surface area contributed by atoms with E-state index in [1.165, 1.54) is 36.8 Å². The third-order valence-corrected chi connectivity index (χ3v) is 3.81. The molecule has 0 aromatic heterocycles. The molecule has 16 heavy (non-hydrogen) atoms. The zero-order chi connectivity index (χ0) is 11.4. The predicted octanol–water partition coefficient (Wildman–Crippen LogP) is 2.57. The number of rotatable bonds is 3. The monoisotopic (exact) mass is 220 g/mol. The van der Waals surface area contributed by atoms with Crippen LogP contribution < -0.4 is 0 Å². The zero-order valence-electron chi connectivity index (χ0n) is 10.2. The summed E-state index contributed by atoms with van der Waals surface area (Å²) in [5.74, 6) is 0.450. The van der Waals surface area contributed by atoms with Crippen LogP contribution in [0.1, 0.15) is 24.8 Å². The molecule has 88 valence electrons. The highest BCUT2D eigenvalue weighted by Crippen LogP contribution is 2.20. The molecule has 0 amide bonds. The molecule has 1 heterocycles. The van der Waals surface area contributed by atoms with Gasteiger partial charge in [-0.05, 0) is 30.9 Å². The van der Waals surface area contributed by atoms with Crippen LogP contribution >= 0.6 is 0 Å². The van der Waals surface area contributed by atoms with Gasteiger partial charge in [0.1, 0.15) is 5.75 Å². The van der Waals surface area contributed by atoms with E-state index in [4.69, 9.17) is 0 Å². The number of likely N-dealkylation sites (tertiary alicyclic amines) is 1. The number of para-hydroxylation sites is 1. The Labute approximate surface area is 98.1 Å². The number of benzene rings is 1. The molecule has 0 spiro atoms. The maximum absolute atomic E-state index is 9.72. The number of phenolic OH excluding ortho intramolecular Hbond substituents is 1. The number of nitrogens with zero attached hydrogens (tertiary/aromatic N) is 1. The van der Waals surface area contributed by atoms with Gasteiger partial charge in [0, 0.05) is 6.42 Å². The summed E-state index contributed by atoms with van der Waals surface area (Å²) in [7, 11) is 2.35. The summed E-state index contributed by atoms with van der Waals surface area (Å²) in [4.78, 5) is 0. The average Bonchev–Trinajstić information content (AvgIpc) is 2.29. The molecule has 1 fully saturated rings. The highest BCUT2D eigenvalue weighted by molar-refractivity contribution is 5.31. The van der Waals surface area contributed by atoms with Gasteiger partial charge in [-0.25, -0.2) is 0 Å². The van der Waals surface area contributed by atoms with Crippen molar-refractivity contribution in [2.45, 2.75) is 25.7 Å². The Hall–Kier alpha value is -1.02. The fourth-order valence-electron chi connectivity index (χ4n) is 2.61. The molecule has 2 rings (SSSR count). The van der Waals surface area contributed by atoms with E-state index in [1.807, 2.05) is 18.2 Å². The van der Waals surface area contributed by atoms with Gasteiger partial charge in [-0.3, -0.25) is 0 Å². The Bertz CT molecular complexity index is 342. The molecule has 0 aliphatic carbocycles. The number of quaternary nitrogens is 1. The van der Waals surface area contributed by atoms with Crippen LogP contribution in [-0.2, 0) is 6.42 Å². The lowest BCUT2D eigenvalue weighted by atomic mass is 10.1. The third kappa shape index (κ3) is 2.76. The summed E-state index contributed by atoms with van der Waals surface area (Å²) in [6.07, 6.45) is 5.10.